The molecule has 1 aliphatic rings. The second kappa shape index (κ2) is 5.63. The van der Waals surface area contributed by atoms with Crippen LogP contribution in [0.4, 0.5) is 4.39 Å². The molecule has 1 heterocycles. The number of halogens is 3. The van der Waals surface area contributed by atoms with E-state index in [1.807, 2.05) is 12.1 Å². The van der Waals surface area contributed by atoms with Crippen LogP contribution < -0.4 is 4.74 Å². The summed E-state index contributed by atoms with van der Waals surface area (Å²) < 4.78 is 18.8. The summed E-state index contributed by atoms with van der Waals surface area (Å²) >= 11 is 12.3. The molecule has 0 amide bonds. The van der Waals surface area contributed by atoms with Crippen LogP contribution >= 0.6 is 23.2 Å². The number of hydrogen-bond donors (Lipinski definition) is 0. The van der Waals surface area contributed by atoms with Gasteiger partial charge in [0.05, 0.1) is 17.0 Å². The molecule has 0 bridgehead atoms. The lowest BCUT2D eigenvalue weighted by molar-refractivity contribution is 0.288. The standard InChI is InChI=1S/C16H13Cl2FO/c17-13-9-12(3-5-14(13)19)16(18)11-4-6-15-10(8-11)2-1-7-20-15/h3-6,8-9,16H,1-2,7H2. The number of alkyl halides is 1. The lowest BCUT2D eigenvalue weighted by Crippen LogP contribution is -2.09. The molecule has 1 nitrogen and oxygen atoms in total. The van der Waals surface area contributed by atoms with Crippen molar-refractivity contribution in [2.45, 2.75) is 18.2 Å². The normalized spacial score (nSPS) is 15.3. The molecule has 0 N–H and O–H groups in total. The van der Waals surface area contributed by atoms with Gasteiger partial charge in [0.25, 0.3) is 0 Å². The minimum absolute atomic E-state index is 0.0921. The molecule has 4 heteroatoms. The van der Waals surface area contributed by atoms with E-state index in [2.05, 4.69) is 6.07 Å². The Hall–Kier alpha value is -1.25. The first-order valence-electron chi connectivity index (χ1n) is 6.50. The summed E-state index contributed by atoms with van der Waals surface area (Å²) in [4.78, 5) is 0. The predicted molar refractivity (Wildman–Crippen MR) is 79.4 cm³/mol. The molecule has 0 saturated heterocycles. The van der Waals surface area contributed by atoms with Crippen molar-refractivity contribution in [2.24, 2.45) is 0 Å². The van der Waals surface area contributed by atoms with E-state index in [1.54, 1.807) is 12.1 Å². The molecule has 104 valence electrons. The summed E-state index contributed by atoms with van der Waals surface area (Å²) in [5, 5.41) is -0.255. The Kier molecular flexibility index (Phi) is 3.86. The summed E-state index contributed by atoms with van der Waals surface area (Å²) in [5.74, 6) is 0.499. The van der Waals surface area contributed by atoms with Crippen molar-refractivity contribution in [3.05, 3.63) is 63.9 Å². The molecular formula is C16H13Cl2FO. The Labute approximate surface area is 127 Å². The highest BCUT2D eigenvalue weighted by Crippen LogP contribution is 2.34. The van der Waals surface area contributed by atoms with E-state index >= 15 is 0 Å². The Morgan fingerprint density at radius 3 is 2.65 bits per heavy atom. The van der Waals surface area contributed by atoms with Gasteiger partial charge in [-0.2, -0.15) is 0 Å². The van der Waals surface area contributed by atoms with Gasteiger partial charge in [-0.25, -0.2) is 4.39 Å². The summed E-state index contributed by atoms with van der Waals surface area (Å²) in [6.45, 7) is 0.768. The van der Waals surface area contributed by atoms with Gasteiger partial charge in [-0.3, -0.25) is 0 Å². The molecule has 0 spiro atoms. The van der Waals surface area contributed by atoms with Gasteiger partial charge in [0.2, 0.25) is 0 Å². The Morgan fingerprint density at radius 1 is 1.10 bits per heavy atom. The number of benzene rings is 2. The Morgan fingerprint density at radius 2 is 1.85 bits per heavy atom. The number of aryl methyl sites for hydroxylation is 1. The summed E-state index contributed by atoms with van der Waals surface area (Å²) in [5.41, 5.74) is 2.93. The molecule has 1 unspecified atom stereocenters. The largest absolute Gasteiger partial charge is 0.493 e. The van der Waals surface area contributed by atoms with Crippen molar-refractivity contribution in [3.8, 4) is 5.75 Å². The highest BCUT2D eigenvalue weighted by atomic mass is 35.5. The molecular weight excluding hydrogens is 298 g/mol. The van der Waals surface area contributed by atoms with Gasteiger partial charge in [-0.15, -0.1) is 11.6 Å². The number of rotatable bonds is 2. The summed E-state index contributed by atoms with van der Waals surface area (Å²) in [7, 11) is 0. The van der Waals surface area contributed by atoms with E-state index in [4.69, 9.17) is 27.9 Å². The topological polar surface area (TPSA) is 9.23 Å². The molecule has 0 aromatic heterocycles. The van der Waals surface area contributed by atoms with Gasteiger partial charge in [0, 0.05) is 0 Å². The first-order valence-corrected chi connectivity index (χ1v) is 7.31. The van der Waals surface area contributed by atoms with Crippen molar-refractivity contribution in [1.82, 2.24) is 0 Å². The van der Waals surface area contributed by atoms with Crippen LogP contribution in [0.25, 0.3) is 0 Å². The SMILES string of the molecule is Fc1ccc(C(Cl)c2ccc3c(c2)CCCO3)cc1Cl. The van der Waals surface area contributed by atoms with Gasteiger partial charge >= 0.3 is 0 Å². The fraction of sp³-hybridized carbons (Fsp3) is 0.250. The average Bonchev–Trinajstić information content (AvgIpc) is 2.49. The van der Waals surface area contributed by atoms with Crippen LogP contribution in [-0.2, 0) is 6.42 Å². The fourth-order valence-corrected chi connectivity index (χ4v) is 2.86. The second-order valence-corrected chi connectivity index (χ2v) is 5.70. The highest BCUT2D eigenvalue weighted by Gasteiger charge is 2.16. The molecule has 0 fully saturated rings. The smallest absolute Gasteiger partial charge is 0.141 e. The zero-order valence-electron chi connectivity index (χ0n) is 10.7. The zero-order chi connectivity index (χ0) is 14.1. The molecule has 2 aromatic carbocycles. The maximum atomic E-state index is 13.2. The van der Waals surface area contributed by atoms with Gasteiger partial charge in [0.1, 0.15) is 11.6 Å². The van der Waals surface area contributed by atoms with Gasteiger partial charge in [-0.1, -0.05) is 29.8 Å². The van der Waals surface area contributed by atoms with Gasteiger partial charge < -0.3 is 4.74 Å². The van der Waals surface area contributed by atoms with Crippen molar-refractivity contribution in [3.63, 3.8) is 0 Å². The number of fused-ring (bicyclic) bond motifs is 1. The van der Waals surface area contributed by atoms with Crippen LogP contribution in [0.5, 0.6) is 5.75 Å². The second-order valence-electron chi connectivity index (χ2n) is 4.86. The first-order chi connectivity index (χ1) is 9.65. The first kappa shape index (κ1) is 13.7. The average molecular weight is 311 g/mol. The molecule has 0 aliphatic carbocycles. The summed E-state index contributed by atoms with van der Waals surface area (Å²) in [6, 6.07) is 10.5. The third-order valence-electron chi connectivity index (χ3n) is 3.46. The van der Waals surface area contributed by atoms with E-state index in [1.165, 1.54) is 11.6 Å². The maximum absolute atomic E-state index is 13.2. The van der Waals surface area contributed by atoms with Crippen LogP contribution in [0.1, 0.15) is 28.5 Å². The van der Waals surface area contributed by atoms with Crippen LogP contribution in [0.3, 0.4) is 0 Å². The monoisotopic (exact) mass is 310 g/mol. The summed E-state index contributed by atoms with van der Waals surface area (Å²) in [6.07, 6.45) is 2.02. The minimum atomic E-state index is -0.432. The van der Waals surface area contributed by atoms with Crippen molar-refractivity contribution >= 4 is 23.2 Å². The lowest BCUT2D eigenvalue weighted by atomic mass is 9.98. The van der Waals surface area contributed by atoms with Crippen molar-refractivity contribution in [2.75, 3.05) is 6.61 Å². The third-order valence-corrected chi connectivity index (χ3v) is 4.26. The number of ether oxygens (including phenoxy) is 1. The molecule has 3 rings (SSSR count). The number of hydrogen-bond acceptors (Lipinski definition) is 1. The van der Waals surface area contributed by atoms with E-state index in [0.717, 1.165) is 36.3 Å². The van der Waals surface area contributed by atoms with E-state index in [0.29, 0.717) is 0 Å². The van der Waals surface area contributed by atoms with E-state index in [9.17, 15) is 4.39 Å². The predicted octanol–water partition coefficient (Wildman–Crippen LogP) is 5.13. The fourth-order valence-electron chi connectivity index (χ4n) is 2.40. The highest BCUT2D eigenvalue weighted by molar-refractivity contribution is 6.31. The van der Waals surface area contributed by atoms with Crippen molar-refractivity contribution < 1.29 is 9.13 Å². The van der Waals surface area contributed by atoms with Gasteiger partial charge in [0.15, 0.2) is 0 Å². The van der Waals surface area contributed by atoms with Crippen LogP contribution in [0.15, 0.2) is 36.4 Å². The third kappa shape index (κ3) is 2.63. The van der Waals surface area contributed by atoms with Crippen LogP contribution in [0.2, 0.25) is 5.02 Å². The molecule has 1 atom stereocenters. The Balaban J connectivity index is 1.93. The lowest BCUT2D eigenvalue weighted by Gasteiger charge is -2.19. The molecule has 2 aromatic rings. The minimum Gasteiger partial charge on any atom is -0.493 e. The quantitative estimate of drug-likeness (QED) is 0.698. The zero-order valence-corrected chi connectivity index (χ0v) is 12.2. The molecule has 0 saturated carbocycles. The maximum Gasteiger partial charge on any atom is 0.141 e. The van der Waals surface area contributed by atoms with Crippen LogP contribution in [-0.4, -0.2) is 6.61 Å². The molecule has 0 radical (unpaired) electrons. The van der Waals surface area contributed by atoms with Gasteiger partial charge in [-0.05, 0) is 47.7 Å². The van der Waals surface area contributed by atoms with E-state index < -0.39 is 5.82 Å². The Bertz CT molecular complexity index is 642. The molecule has 1 aliphatic heterocycles. The molecule has 20 heavy (non-hydrogen) atoms. The van der Waals surface area contributed by atoms with Crippen molar-refractivity contribution in [1.29, 1.82) is 0 Å². The van der Waals surface area contributed by atoms with Crippen LogP contribution in [0, 0.1) is 5.82 Å². The van der Waals surface area contributed by atoms with E-state index in [-0.39, 0.29) is 10.4 Å².